The summed E-state index contributed by atoms with van der Waals surface area (Å²) in [4.78, 5) is 4.56. The Bertz CT molecular complexity index is 846. The van der Waals surface area contributed by atoms with E-state index >= 15 is 0 Å². The van der Waals surface area contributed by atoms with Crippen LogP contribution >= 0.6 is 0 Å². The highest BCUT2D eigenvalue weighted by Gasteiger charge is 2.22. The predicted molar refractivity (Wildman–Crippen MR) is 122 cm³/mol. The van der Waals surface area contributed by atoms with E-state index in [9.17, 15) is 14.6 Å². The molecule has 31 heavy (non-hydrogen) atoms. The third-order valence-electron chi connectivity index (χ3n) is 5.98. The fourth-order valence-electron chi connectivity index (χ4n) is 4.41. The Labute approximate surface area is 184 Å². The van der Waals surface area contributed by atoms with Crippen molar-refractivity contribution in [2.75, 3.05) is 37.6 Å². The van der Waals surface area contributed by atoms with Crippen molar-refractivity contribution >= 4 is 5.69 Å². The van der Waals surface area contributed by atoms with Gasteiger partial charge in [-0.2, -0.15) is 0 Å². The van der Waals surface area contributed by atoms with Crippen LogP contribution in [0, 0.1) is 5.82 Å². The summed E-state index contributed by atoms with van der Waals surface area (Å²) < 4.78 is 21.4. The monoisotopic (exact) mass is 433 g/mol. The number of aromatic nitrogens is 1. The molecule has 7 heteroatoms. The van der Waals surface area contributed by atoms with E-state index in [-0.39, 0.29) is 23.7 Å². The van der Waals surface area contributed by atoms with E-state index < -0.39 is 0 Å². The van der Waals surface area contributed by atoms with Crippen LogP contribution in [0.4, 0.5) is 10.1 Å². The minimum Gasteiger partial charge on any atom is -0.494 e. The molecule has 0 radical (unpaired) electrons. The maximum absolute atomic E-state index is 13.9. The van der Waals surface area contributed by atoms with Crippen molar-refractivity contribution in [3.05, 3.63) is 35.1 Å². The van der Waals surface area contributed by atoms with Crippen molar-refractivity contribution in [3.63, 3.8) is 0 Å². The van der Waals surface area contributed by atoms with Gasteiger partial charge in [-0.1, -0.05) is 13.8 Å². The highest BCUT2D eigenvalue weighted by atomic mass is 19.1. The summed E-state index contributed by atoms with van der Waals surface area (Å²) >= 11 is 0. The number of piperazine rings is 1. The topological polar surface area (TPSA) is 61.1 Å². The molecule has 1 aliphatic heterocycles. The summed E-state index contributed by atoms with van der Waals surface area (Å²) in [5.74, 6) is 0.871. The molecular formula is C24H36FN3O3. The van der Waals surface area contributed by atoms with E-state index in [0.717, 1.165) is 61.7 Å². The van der Waals surface area contributed by atoms with Crippen molar-refractivity contribution in [1.82, 2.24) is 9.47 Å². The second kappa shape index (κ2) is 10.3. The molecule has 0 bridgehead atoms. The predicted octanol–water partition coefficient (Wildman–Crippen LogP) is 4.16. The van der Waals surface area contributed by atoms with Gasteiger partial charge >= 0.3 is 0 Å². The maximum Gasteiger partial charge on any atom is 0.197 e. The van der Waals surface area contributed by atoms with Crippen molar-refractivity contribution in [3.8, 4) is 17.5 Å². The van der Waals surface area contributed by atoms with Gasteiger partial charge in [0.05, 0.1) is 11.8 Å². The Balaban J connectivity index is 1.55. The average molecular weight is 434 g/mol. The summed E-state index contributed by atoms with van der Waals surface area (Å²) in [6.07, 6.45) is 2.29. The lowest BCUT2D eigenvalue weighted by molar-refractivity contribution is 0.234. The molecule has 1 saturated heterocycles. The van der Waals surface area contributed by atoms with Gasteiger partial charge < -0.3 is 19.8 Å². The van der Waals surface area contributed by atoms with Crippen LogP contribution < -0.4 is 9.64 Å². The van der Waals surface area contributed by atoms with E-state index in [1.807, 2.05) is 27.7 Å². The van der Waals surface area contributed by atoms with Crippen LogP contribution in [0.3, 0.4) is 0 Å². The molecular weight excluding hydrogens is 397 g/mol. The number of hydrogen-bond donors (Lipinski definition) is 2. The van der Waals surface area contributed by atoms with Gasteiger partial charge in [-0.3, -0.25) is 9.47 Å². The van der Waals surface area contributed by atoms with Gasteiger partial charge in [-0.05, 0) is 51.8 Å². The first-order valence-electron chi connectivity index (χ1n) is 11.4. The smallest absolute Gasteiger partial charge is 0.197 e. The van der Waals surface area contributed by atoms with Crippen LogP contribution in [-0.2, 0) is 19.4 Å². The normalized spacial score (nSPS) is 15.1. The number of benzene rings is 1. The lowest BCUT2D eigenvalue weighted by atomic mass is 10.1. The van der Waals surface area contributed by atoms with Gasteiger partial charge in [0.2, 0.25) is 0 Å². The van der Waals surface area contributed by atoms with Gasteiger partial charge in [-0.15, -0.1) is 0 Å². The number of aromatic hydroxyl groups is 2. The van der Waals surface area contributed by atoms with Gasteiger partial charge in [0.25, 0.3) is 0 Å². The number of rotatable bonds is 9. The largest absolute Gasteiger partial charge is 0.494 e. The van der Waals surface area contributed by atoms with E-state index in [4.69, 9.17) is 4.74 Å². The zero-order valence-electron chi connectivity index (χ0n) is 19.2. The quantitative estimate of drug-likeness (QED) is 0.622. The fourth-order valence-corrected chi connectivity index (χ4v) is 4.41. The molecule has 0 aliphatic carbocycles. The molecule has 1 aromatic carbocycles. The first-order valence-corrected chi connectivity index (χ1v) is 11.4. The fraction of sp³-hybridized carbons (Fsp3) is 0.583. The summed E-state index contributed by atoms with van der Waals surface area (Å²) in [5, 5.41) is 20.9. The number of halogens is 1. The molecule has 2 N–H and O–H groups in total. The molecule has 0 unspecified atom stereocenters. The Morgan fingerprint density at radius 2 is 1.58 bits per heavy atom. The van der Waals surface area contributed by atoms with Crippen molar-refractivity contribution in [2.45, 2.75) is 59.6 Å². The summed E-state index contributed by atoms with van der Waals surface area (Å²) in [7, 11) is 0. The van der Waals surface area contributed by atoms with Crippen molar-refractivity contribution in [1.29, 1.82) is 0 Å². The molecule has 0 atom stereocenters. The van der Waals surface area contributed by atoms with Crippen LogP contribution in [0.1, 0.15) is 45.2 Å². The maximum atomic E-state index is 13.9. The SMILES string of the molecule is CCc1c(CC)c(O)n(CCCN2CCN(c3cc(F)ccc3OC(C)C)CC2)c1O. The molecule has 1 fully saturated rings. The number of anilines is 1. The Hall–Kier alpha value is -2.41. The van der Waals surface area contributed by atoms with E-state index in [0.29, 0.717) is 19.4 Å². The lowest BCUT2D eigenvalue weighted by Crippen LogP contribution is -2.47. The molecule has 0 spiro atoms. The summed E-state index contributed by atoms with van der Waals surface area (Å²) in [5.41, 5.74) is 2.51. The molecule has 0 saturated carbocycles. The first kappa shape index (κ1) is 23.3. The van der Waals surface area contributed by atoms with Gasteiger partial charge in [0, 0.05) is 49.9 Å². The minimum absolute atomic E-state index is 0.0356. The molecule has 6 nitrogen and oxygen atoms in total. The van der Waals surface area contributed by atoms with Crippen LogP contribution in [0.15, 0.2) is 18.2 Å². The Kier molecular flexibility index (Phi) is 7.70. The highest BCUT2D eigenvalue weighted by Crippen LogP contribution is 2.35. The molecule has 0 amide bonds. The average Bonchev–Trinajstić information content (AvgIpc) is 2.98. The van der Waals surface area contributed by atoms with Crippen LogP contribution in [0.2, 0.25) is 0 Å². The molecule has 2 heterocycles. The number of nitrogens with zero attached hydrogens (tertiary/aromatic N) is 3. The van der Waals surface area contributed by atoms with E-state index in [1.54, 1.807) is 16.7 Å². The Morgan fingerprint density at radius 3 is 2.13 bits per heavy atom. The molecule has 3 rings (SSSR count). The number of hydrogen-bond acceptors (Lipinski definition) is 5. The lowest BCUT2D eigenvalue weighted by Gasteiger charge is -2.37. The van der Waals surface area contributed by atoms with Gasteiger partial charge in [0.15, 0.2) is 11.8 Å². The molecule has 1 aliphatic rings. The second-order valence-electron chi connectivity index (χ2n) is 8.42. The third-order valence-corrected chi connectivity index (χ3v) is 5.98. The second-order valence-corrected chi connectivity index (χ2v) is 8.42. The zero-order chi connectivity index (χ0) is 22.5. The number of ether oxygens (including phenoxy) is 1. The van der Waals surface area contributed by atoms with E-state index in [1.165, 1.54) is 6.07 Å². The Morgan fingerprint density at radius 1 is 0.968 bits per heavy atom. The summed E-state index contributed by atoms with van der Waals surface area (Å²) in [6.45, 7) is 12.8. The van der Waals surface area contributed by atoms with Crippen LogP contribution in [0.5, 0.6) is 17.5 Å². The highest BCUT2D eigenvalue weighted by molar-refractivity contribution is 5.59. The molecule has 2 aromatic rings. The van der Waals surface area contributed by atoms with Crippen LogP contribution in [0.25, 0.3) is 0 Å². The molecule has 1 aromatic heterocycles. The van der Waals surface area contributed by atoms with Crippen molar-refractivity contribution < 1.29 is 19.3 Å². The third kappa shape index (κ3) is 5.26. The molecule has 172 valence electrons. The van der Waals surface area contributed by atoms with Crippen molar-refractivity contribution in [2.24, 2.45) is 0 Å². The summed E-state index contributed by atoms with van der Waals surface area (Å²) in [6, 6.07) is 4.71. The standard InChI is InChI=1S/C24H36FN3O3/c1-5-19-20(6-2)24(30)28(23(19)29)11-7-10-26-12-14-27(15-13-26)21-16-18(25)8-9-22(21)31-17(3)4/h8-9,16-17,29-30H,5-7,10-15H2,1-4H3. The first-order chi connectivity index (χ1) is 14.8. The van der Waals surface area contributed by atoms with Gasteiger partial charge in [0.1, 0.15) is 11.6 Å². The minimum atomic E-state index is -0.252. The van der Waals surface area contributed by atoms with Gasteiger partial charge in [-0.25, -0.2) is 4.39 Å². The van der Waals surface area contributed by atoms with Crippen LogP contribution in [-0.4, -0.2) is 58.5 Å². The van der Waals surface area contributed by atoms with E-state index in [2.05, 4.69) is 9.80 Å². The zero-order valence-corrected chi connectivity index (χ0v) is 19.2.